The number of nitriles is 1. The molecule has 10 nitrogen and oxygen atoms in total. The van der Waals surface area contributed by atoms with Gasteiger partial charge in [-0.3, -0.25) is 0 Å². The van der Waals surface area contributed by atoms with Gasteiger partial charge in [0.2, 0.25) is 5.88 Å². The molecule has 0 unspecified atom stereocenters. The van der Waals surface area contributed by atoms with Gasteiger partial charge in [-0.2, -0.15) is 15.2 Å². The standard InChI is InChI=1S/C35H40N6O4/c1-39-17-7-12-29(39)24-43-33-37-31(30-13-15-35(45-32(30)38-33)20-26-10-5-6-11-27(26)21-35)40-18-19-41(28(22-40)14-16-36)34(42)44-23-25-8-3-2-4-9-25/h2-6,8-11,28-29H,7,12-15,17-24H2,1H3/t28-,29-/m0/s1. The molecule has 45 heavy (non-hydrogen) atoms. The van der Waals surface area contributed by atoms with Crippen LogP contribution in [0.1, 0.15) is 47.9 Å². The molecular formula is C35H40N6O4. The summed E-state index contributed by atoms with van der Waals surface area (Å²) in [7, 11) is 2.13. The smallest absolute Gasteiger partial charge is 0.410 e. The van der Waals surface area contributed by atoms with Crippen LogP contribution in [0, 0.1) is 11.3 Å². The lowest BCUT2D eigenvalue weighted by Crippen LogP contribution is -2.55. The SMILES string of the molecule is CN1CCC[C@H]1COc1nc2c(c(N3CCN(C(=O)OCc4ccccc4)[C@@H](CC#N)C3)n1)CCC1(Cc3ccccc3C1)O2. The van der Waals surface area contributed by atoms with Crippen molar-refractivity contribution in [3.05, 3.63) is 76.9 Å². The molecule has 3 aromatic rings. The minimum absolute atomic E-state index is 0.193. The maximum absolute atomic E-state index is 13.2. The van der Waals surface area contributed by atoms with E-state index in [4.69, 9.17) is 24.2 Å². The van der Waals surface area contributed by atoms with E-state index in [2.05, 4.69) is 47.2 Å². The molecule has 2 atom stereocenters. The number of carbonyl (C=O) groups is 1. The van der Waals surface area contributed by atoms with Gasteiger partial charge in [-0.1, -0.05) is 54.6 Å². The van der Waals surface area contributed by atoms with Gasteiger partial charge in [0.1, 0.15) is 24.6 Å². The number of hydrogen-bond donors (Lipinski definition) is 0. The Morgan fingerprint density at radius 1 is 1.04 bits per heavy atom. The lowest BCUT2D eigenvalue weighted by molar-refractivity contribution is 0.0491. The number of piperazine rings is 1. The summed E-state index contributed by atoms with van der Waals surface area (Å²) in [4.78, 5) is 29.2. The second-order valence-electron chi connectivity index (χ2n) is 12.8. The highest BCUT2D eigenvalue weighted by molar-refractivity contribution is 5.69. The second-order valence-corrected chi connectivity index (χ2v) is 12.8. The molecule has 0 N–H and O–H groups in total. The number of anilines is 1. The summed E-state index contributed by atoms with van der Waals surface area (Å²) in [5.41, 5.74) is 4.25. The van der Waals surface area contributed by atoms with E-state index in [0.717, 1.165) is 62.0 Å². The Hall–Kier alpha value is -4.36. The number of ether oxygens (including phenoxy) is 3. The van der Waals surface area contributed by atoms with Crippen molar-refractivity contribution in [3.8, 4) is 18.0 Å². The first kappa shape index (κ1) is 29.4. The third kappa shape index (κ3) is 6.14. The van der Waals surface area contributed by atoms with Gasteiger partial charge in [0.05, 0.1) is 24.1 Å². The summed E-state index contributed by atoms with van der Waals surface area (Å²) in [6.45, 7) is 3.20. The van der Waals surface area contributed by atoms with Crippen molar-refractivity contribution in [1.82, 2.24) is 19.8 Å². The van der Waals surface area contributed by atoms with Crippen LogP contribution < -0.4 is 14.4 Å². The maximum Gasteiger partial charge on any atom is 0.410 e. The Bertz CT molecular complexity index is 1550. The number of hydrogen-bond acceptors (Lipinski definition) is 9. The first-order valence-electron chi connectivity index (χ1n) is 16.1. The topological polar surface area (TPSA) is 104 Å². The molecule has 0 radical (unpaired) electrons. The van der Waals surface area contributed by atoms with Gasteiger partial charge in [0.25, 0.3) is 0 Å². The average Bonchev–Trinajstić information content (AvgIpc) is 3.64. The number of aromatic nitrogens is 2. The molecule has 3 aliphatic heterocycles. The van der Waals surface area contributed by atoms with E-state index in [1.165, 1.54) is 11.1 Å². The van der Waals surface area contributed by atoms with E-state index in [1.54, 1.807) is 4.90 Å². The fourth-order valence-corrected chi connectivity index (χ4v) is 7.31. The highest BCUT2D eigenvalue weighted by atomic mass is 16.6. The molecule has 4 heterocycles. The number of likely N-dealkylation sites (tertiary alicyclic amines) is 1. The summed E-state index contributed by atoms with van der Waals surface area (Å²) in [6, 6.07) is 20.8. The molecule has 2 saturated heterocycles. The predicted octanol–water partition coefficient (Wildman–Crippen LogP) is 4.55. The van der Waals surface area contributed by atoms with Crippen LogP contribution in [0.5, 0.6) is 11.9 Å². The van der Waals surface area contributed by atoms with Crippen molar-refractivity contribution in [2.45, 2.75) is 69.2 Å². The molecule has 2 aromatic carbocycles. The predicted molar refractivity (Wildman–Crippen MR) is 168 cm³/mol. The molecule has 1 amide bonds. The van der Waals surface area contributed by atoms with E-state index in [0.29, 0.717) is 44.2 Å². The molecule has 1 spiro atoms. The highest BCUT2D eigenvalue weighted by Crippen LogP contribution is 2.44. The van der Waals surface area contributed by atoms with E-state index in [1.807, 2.05) is 30.3 Å². The number of nitrogens with zero attached hydrogens (tertiary/aromatic N) is 6. The molecule has 2 fully saturated rings. The summed E-state index contributed by atoms with van der Waals surface area (Å²) in [5, 5.41) is 9.69. The Morgan fingerprint density at radius 2 is 1.82 bits per heavy atom. The zero-order valence-corrected chi connectivity index (χ0v) is 25.9. The van der Waals surface area contributed by atoms with Crippen LogP contribution in [-0.2, 0) is 30.6 Å². The van der Waals surface area contributed by atoms with E-state index >= 15 is 0 Å². The van der Waals surface area contributed by atoms with Gasteiger partial charge in [-0.15, -0.1) is 0 Å². The van der Waals surface area contributed by atoms with Gasteiger partial charge in [0.15, 0.2) is 0 Å². The average molecular weight is 609 g/mol. The van der Waals surface area contributed by atoms with Crippen molar-refractivity contribution < 1.29 is 19.0 Å². The van der Waals surface area contributed by atoms with Crippen LogP contribution in [-0.4, -0.2) is 83.4 Å². The summed E-state index contributed by atoms with van der Waals surface area (Å²) >= 11 is 0. The first-order valence-corrected chi connectivity index (χ1v) is 16.1. The molecule has 7 rings (SSSR count). The van der Waals surface area contributed by atoms with E-state index < -0.39 is 6.09 Å². The molecule has 10 heteroatoms. The summed E-state index contributed by atoms with van der Waals surface area (Å²) in [5.74, 6) is 1.37. The molecular weight excluding hydrogens is 568 g/mol. The normalized spacial score (nSPS) is 22.0. The van der Waals surface area contributed by atoms with Crippen molar-refractivity contribution in [1.29, 1.82) is 5.26 Å². The Labute approximate surface area is 264 Å². The van der Waals surface area contributed by atoms with E-state index in [9.17, 15) is 10.1 Å². The van der Waals surface area contributed by atoms with Crippen molar-refractivity contribution in [2.24, 2.45) is 0 Å². The number of likely N-dealkylation sites (N-methyl/N-ethyl adjacent to an activating group) is 1. The van der Waals surface area contributed by atoms with Crippen LogP contribution in [0.15, 0.2) is 54.6 Å². The third-order valence-electron chi connectivity index (χ3n) is 9.84. The minimum atomic E-state index is -0.403. The Morgan fingerprint density at radius 3 is 2.56 bits per heavy atom. The fourth-order valence-electron chi connectivity index (χ4n) is 7.31. The third-order valence-corrected chi connectivity index (χ3v) is 9.84. The van der Waals surface area contributed by atoms with Crippen molar-refractivity contribution >= 4 is 11.9 Å². The van der Waals surface area contributed by atoms with Crippen LogP contribution in [0.2, 0.25) is 0 Å². The van der Waals surface area contributed by atoms with Crippen LogP contribution >= 0.6 is 0 Å². The quantitative estimate of drug-likeness (QED) is 0.382. The van der Waals surface area contributed by atoms with Gasteiger partial charge in [-0.25, -0.2) is 4.79 Å². The number of fused-ring (bicyclic) bond motifs is 2. The summed E-state index contributed by atoms with van der Waals surface area (Å²) in [6.07, 6.45) is 5.41. The lowest BCUT2D eigenvalue weighted by Gasteiger charge is -2.42. The zero-order valence-electron chi connectivity index (χ0n) is 25.9. The Balaban J connectivity index is 1.13. The van der Waals surface area contributed by atoms with Crippen LogP contribution in [0.3, 0.4) is 0 Å². The first-order chi connectivity index (χ1) is 22.0. The van der Waals surface area contributed by atoms with Crippen molar-refractivity contribution in [2.75, 3.05) is 44.7 Å². The van der Waals surface area contributed by atoms with Gasteiger partial charge < -0.3 is 28.9 Å². The second kappa shape index (κ2) is 12.6. The highest BCUT2D eigenvalue weighted by Gasteiger charge is 2.44. The largest absolute Gasteiger partial charge is 0.470 e. The number of amides is 1. The maximum atomic E-state index is 13.2. The number of carbonyl (C=O) groups excluding carboxylic acids is 1. The molecule has 0 saturated carbocycles. The fraction of sp³-hybridized carbons (Fsp3) is 0.486. The minimum Gasteiger partial charge on any atom is -0.470 e. The number of rotatable bonds is 7. The zero-order chi connectivity index (χ0) is 30.8. The van der Waals surface area contributed by atoms with Crippen LogP contribution in [0.25, 0.3) is 0 Å². The molecule has 234 valence electrons. The lowest BCUT2D eigenvalue weighted by atomic mass is 9.89. The van der Waals surface area contributed by atoms with Gasteiger partial charge in [-0.05, 0) is 56.0 Å². The monoisotopic (exact) mass is 608 g/mol. The molecule has 0 bridgehead atoms. The Kier molecular flexibility index (Phi) is 8.19. The van der Waals surface area contributed by atoms with E-state index in [-0.39, 0.29) is 24.7 Å². The summed E-state index contributed by atoms with van der Waals surface area (Å²) < 4.78 is 18.8. The van der Waals surface area contributed by atoms with Crippen molar-refractivity contribution in [3.63, 3.8) is 0 Å². The molecule has 1 aliphatic carbocycles. The van der Waals surface area contributed by atoms with Gasteiger partial charge in [0, 0.05) is 38.5 Å². The number of benzene rings is 2. The van der Waals surface area contributed by atoms with Gasteiger partial charge >= 0.3 is 12.1 Å². The molecule has 4 aliphatic rings. The molecule has 1 aromatic heterocycles. The van der Waals surface area contributed by atoms with Crippen LogP contribution in [0.4, 0.5) is 10.6 Å².